The molecule has 1 aromatic carbocycles. The molecule has 1 N–H and O–H groups in total. The average Bonchev–Trinajstić information content (AvgIpc) is 3.10. The van der Waals surface area contributed by atoms with Crippen LogP contribution >= 0.6 is 15.9 Å². The van der Waals surface area contributed by atoms with Crippen LogP contribution in [0.25, 0.3) is 6.08 Å². The Hall–Kier alpha value is -1.25. The second kappa shape index (κ2) is 7.91. The van der Waals surface area contributed by atoms with E-state index in [2.05, 4.69) is 82.2 Å². The fourth-order valence-electron chi connectivity index (χ4n) is 5.37. The molecule has 0 amide bonds. The van der Waals surface area contributed by atoms with E-state index >= 15 is 0 Å². The van der Waals surface area contributed by atoms with Crippen molar-refractivity contribution in [3.63, 3.8) is 0 Å². The highest BCUT2D eigenvalue weighted by atomic mass is 79.9. The minimum Gasteiger partial charge on any atom is -0.593 e. The van der Waals surface area contributed by atoms with Crippen LogP contribution in [0.15, 0.2) is 23.1 Å². The SMILES string of the molecule is COc1cc2c(cc1[S+]([O-])N1CCN(C)CC1)Cc1c([nH]c3c1C=CC(C)(Br)C3)C2(C)C. The zero-order chi connectivity index (χ0) is 22.8. The van der Waals surface area contributed by atoms with E-state index < -0.39 is 11.4 Å². The van der Waals surface area contributed by atoms with Crippen molar-refractivity contribution in [3.8, 4) is 5.75 Å². The first-order valence-corrected chi connectivity index (χ1v) is 13.2. The number of ether oxygens (including phenoxy) is 1. The molecule has 2 heterocycles. The first kappa shape index (κ1) is 22.5. The van der Waals surface area contributed by atoms with E-state index in [0.717, 1.165) is 49.7 Å². The fourth-order valence-corrected chi connectivity index (χ4v) is 7.12. The molecular weight excluding hydrogens is 486 g/mol. The Morgan fingerprint density at radius 1 is 1.16 bits per heavy atom. The summed E-state index contributed by atoms with van der Waals surface area (Å²) in [5.41, 5.74) is 7.61. The fraction of sp³-hybridized carbons (Fsp3) is 0.520. The molecule has 3 aliphatic rings. The van der Waals surface area contributed by atoms with Crippen molar-refractivity contribution in [1.82, 2.24) is 14.2 Å². The highest BCUT2D eigenvalue weighted by Gasteiger charge is 2.40. The number of hydrogen-bond donors (Lipinski definition) is 1. The third-order valence-corrected chi connectivity index (χ3v) is 9.36. The normalized spacial score (nSPS) is 25.7. The standard InChI is InChI=1S/C25H32BrN3O2S/c1-24(2)19-14-21(31-5)22(32(30)29-10-8-28(4)9-11-29)13-16(19)12-18-17-6-7-25(3,26)15-20(17)27-23(18)24/h6-7,13-14,27H,8-12,15H2,1-5H3. The van der Waals surface area contributed by atoms with Crippen molar-refractivity contribution in [2.75, 3.05) is 40.3 Å². The van der Waals surface area contributed by atoms with Crippen LogP contribution in [0, 0.1) is 0 Å². The second-order valence-electron chi connectivity index (χ2n) is 10.1. The molecule has 2 aromatic rings. The predicted octanol–water partition coefficient (Wildman–Crippen LogP) is 4.25. The zero-order valence-corrected chi connectivity index (χ0v) is 22.0. The highest BCUT2D eigenvalue weighted by molar-refractivity contribution is 9.10. The predicted molar refractivity (Wildman–Crippen MR) is 134 cm³/mol. The van der Waals surface area contributed by atoms with Gasteiger partial charge < -0.3 is 19.2 Å². The molecule has 172 valence electrons. The summed E-state index contributed by atoms with van der Waals surface area (Å²) in [5.74, 6) is 0.724. The number of allylic oxidation sites excluding steroid dienone is 1. The number of methoxy groups -OCH3 is 1. The van der Waals surface area contributed by atoms with Crippen LogP contribution in [0.4, 0.5) is 0 Å². The molecule has 2 unspecified atom stereocenters. The van der Waals surface area contributed by atoms with E-state index in [-0.39, 0.29) is 9.74 Å². The van der Waals surface area contributed by atoms with Gasteiger partial charge in [-0.1, -0.05) is 41.9 Å². The Kier molecular flexibility index (Phi) is 5.57. The van der Waals surface area contributed by atoms with Crippen LogP contribution in [-0.2, 0) is 29.6 Å². The number of aromatic nitrogens is 1. The van der Waals surface area contributed by atoms with Crippen molar-refractivity contribution in [2.24, 2.45) is 0 Å². The van der Waals surface area contributed by atoms with Gasteiger partial charge in [-0.05, 0) is 42.3 Å². The smallest absolute Gasteiger partial charge is 0.216 e. The Balaban J connectivity index is 1.56. The average molecular weight is 519 g/mol. The van der Waals surface area contributed by atoms with Crippen LogP contribution in [0.5, 0.6) is 5.75 Å². The number of aromatic amines is 1. The van der Waals surface area contributed by atoms with Gasteiger partial charge in [0.1, 0.15) is 0 Å². The van der Waals surface area contributed by atoms with Crippen LogP contribution in [0.3, 0.4) is 0 Å². The van der Waals surface area contributed by atoms with Gasteiger partial charge >= 0.3 is 0 Å². The molecule has 0 bridgehead atoms. The number of rotatable bonds is 3. The number of hydrogen-bond acceptors (Lipinski definition) is 4. The summed E-state index contributed by atoms with van der Waals surface area (Å²) in [6.45, 7) is 10.2. The first-order valence-electron chi connectivity index (χ1n) is 11.3. The number of nitrogens with zero attached hydrogens (tertiary/aromatic N) is 2. The number of nitrogens with one attached hydrogen (secondary N) is 1. The molecule has 1 aromatic heterocycles. The quantitative estimate of drug-likeness (QED) is 0.488. The van der Waals surface area contributed by atoms with E-state index in [1.54, 1.807) is 7.11 Å². The lowest BCUT2D eigenvalue weighted by Gasteiger charge is -2.35. The van der Waals surface area contributed by atoms with Crippen molar-refractivity contribution in [2.45, 2.75) is 48.2 Å². The molecule has 1 fully saturated rings. The minimum atomic E-state index is -1.23. The summed E-state index contributed by atoms with van der Waals surface area (Å²) in [6, 6.07) is 4.28. The number of likely N-dealkylation sites (N-methyl/N-ethyl adjacent to an activating group) is 1. The molecule has 32 heavy (non-hydrogen) atoms. The molecule has 1 aliphatic heterocycles. The first-order chi connectivity index (χ1) is 15.1. The van der Waals surface area contributed by atoms with Gasteiger partial charge in [-0.25, -0.2) is 0 Å². The van der Waals surface area contributed by atoms with Crippen LogP contribution in [0.2, 0.25) is 0 Å². The number of fused-ring (bicyclic) bond motifs is 4. The molecule has 7 heteroatoms. The van der Waals surface area contributed by atoms with E-state index in [1.807, 2.05) is 0 Å². The van der Waals surface area contributed by atoms with E-state index in [4.69, 9.17) is 4.74 Å². The lowest BCUT2D eigenvalue weighted by molar-refractivity contribution is 0.222. The topological polar surface area (TPSA) is 54.6 Å². The maximum atomic E-state index is 13.5. The maximum absolute atomic E-state index is 13.5. The Bertz CT molecular complexity index is 1080. The van der Waals surface area contributed by atoms with E-state index in [0.29, 0.717) is 0 Å². The third-order valence-electron chi connectivity index (χ3n) is 7.29. The molecule has 5 nitrogen and oxygen atoms in total. The van der Waals surface area contributed by atoms with E-state index in [9.17, 15) is 4.55 Å². The van der Waals surface area contributed by atoms with Crippen LogP contribution in [0.1, 0.15) is 54.4 Å². The summed E-state index contributed by atoms with van der Waals surface area (Å²) < 4.78 is 21.4. The number of benzene rings is 1. The molecule has 0 saturated carbocycles. The zero-order valence-electron chi connectivity index (χ0n) is 19.5. The lowest BCUT2D eigenvalue weighted by atomic mass is 9.71. The van der Waals surface area contributed by atoms with Crippen molar-refractivity contribution >= 4 is 33.4 Å². The summed E-state index contributed by atoms with van der Waals surface area (Å²) in [4.78, 5) is 6.85. The minimum absolute atomic E-state index is 0.0136. The molecule has 1 saturated heterocycles. The van der Waals surface area contributed by atoms with Crippen molar-refractivity contribution < 1.29 is 9.29 Å². The number of H-pyrrole nitrogens is 1. The largest absolute Gasteiger partial charge is 0.593 e. The second-order valence-corrected chi connectivity index (χ2v) is 13.4. The van der Waals surface area contributed by atoms with Gasteiger partial charge in [0.05, 0.1) is 31.6 Å². The maximum Gasteiger partial charge on any atom is 0.216 e. The molecule has 5 rings (SSSR count). The summed E-state index contributed by atoms with van der Waals surface area (Å²) in [7, 11) is 3.80. The monoisotopic (exact) mass is 517 g/mol. The van der Waals surface area contributed by atoms with E-state index in [1.165, 1.54) is 33.6 Å². The number of alkyl halides is 1. The molecule has 2 aliphatic carbocycles. The summed E-state index contributed by atoms with van der Waals surface area (Å²) >= 11 is 2.61. The number of piperazine rings is 1. The lowest BCUT2D eigenvalue weighted by Crippen LogP contribution is -2.47. The van der Waals surface area contributed by atoms with Gasteiger partial charge in [-0.3, -0.25) is 0 Å². The van der Waals surface area contributed by atoms with Gasteiger partial charge in [0.15, 0.2) is 5.75 Å². The molecule has 0 spiro atoms. The molecular formula is C25H32BrN3O2S. The Morgan fingerprint density at radius 3 is 2.56 bits per heavy atom. The Morgan fingerprint density at radius 2 is 1.88 bits per heavy atom. The Labute approximate surface area is 202 Å². The van der Waals surface area contributed by atoms with Crippen LogP contribution in [-0.4, -0.2) is 63.4 Å². The van der Waals surface area contributed by atoms with Gasteiger partial charge in [-0.2, -0.15) is 0 Å². The van der Waals surface area contributed by atoms with Crippen molar-refractivity contribution in [1.29, 1.82) is 0 Å². The third kappa shape index (κ3) is 3.66. The van der Waals surface area contributed by atoms with Gasteiger partial charge in [0, 0.05) is 53.1 Å². The molecule has 2 atom stereocenters. The number of halogens is 1. The highest BCUT2D eigenvalue weighted by Crippen LogP contribution is 2.47. The van der Waals surface area contributed by atoms with Gasteiger partial charge in [0.2, 0.25) is 4.90 Å². The summed E-state index contributed by atoms with van der Waals surface area (Å²) in [6.07, 6.45) is 6.31. The van der Waals surface area contributed by atoms with Crippen LogP contribution < -0.4 is 4.74 Å². The van der Waals surface area contributed by atoms with Crippen molar-refractivity contribution in [3.05, 3.63) is 51.9 Å². The van der Waals surface area contributed by atoms with Gasteiger partial charge in [0.25, 0.3) is 0 Å². The molecule has 0 radical (unpaired) electrons. The van der Waals surface area contributed by atoms with Gasteiger partial charge in [-0.15, -0.1) is 4.31 Å². The summed E-state index contributed by atoms with van der Waals surface area (Å²) in [5, 5.41) is 0.